The number of ether oxygens (including phenoxy) is 2. The summed E-state index contributed by atoms with van der Waals surface area (Å²) >= 11 is 0. The molecule has 43 heavy (non-hydrogen) atoms. The Morgan fingerprint density at radius 1 is 1.21 bits per heavy atom. The van der Waals surface area contributed by atoms with Gasteiger partial charge in [-0.2, -0.15) is 9.61 Å². The number of piperidine rings is 1. The van der Waals surface area contributed by atoms with Gasteiger partial charge in [0.2, 0.25) is 5.95 Å². The van der Waals surface area contributed by atoms with E-state index in [9.17, 15) is 9.90 Å². The number of hydrogen-bond donors (Lipinski definition) is 3. The molecule has 4 aromatic rings. The molecule has 12 nitrogen and oxygen atoms in total. The Balaban J connectivity index is 1.28. The third kappa shape index (κ3) is 5.11. The van der Waals surface area contributed by atoms with Crippen molar-refractivity contribution in [3.63, 3.8) is 0 Å². The van der Waals surface area contributed by atoms with Crippen molar-refractivity contribution in [3.8, 4) is 11.3 Å². The second kappa shape index (κ2) is 11.0. The standard InChI is InChI=1S/C29H32F2N8O4/c1-16-12-38(13-21(32)26(16)37(2)28(40)42-3)24-6-7-33-11-23(24)35-27-34-10-18-4-5-22(36-39(18)27)25-19(30)8-17(9-20(25)31)29(41)14-43-15-29/h4-11,16,21,26,41H,12-15,32H2,1-3H3,(H,34,35)/t16-,21+,26-/m0/s1. The second-order valence-electron chi connectivity index (χ2n) is 11.1. The number of rotatable bonds is 6. The number of amides is 1. The number of nitrogens with zero attached hydrogens (tertiary/aromatic N) is 6. The van der Waals surface area contributed by atoms with Gasteiger partial charge >= 0.3 is 6.09 Å². The number of likely N-dealkylation sites (N-methyl/N-ethyl adjacent to an activating group) is 1. The van der Waals surface area contributed by atoms with Crippen molar-refractivity contribution in [3.05, 3.63) is 66.1 Å². The molecule has 0 aliphatic carbocycles. The molecule has 6 rings (SSSR count). The van der Waals surface area contributed by atoms with Gasteiger partial charge in [0.15, 0.2) is 0 Å². The predicted octanol–water partition coefficient (Wildman–Crippen LogP) is 2.88. The number of fused-ring (bicyclic) bond motifs is 1. The van der Waals surface area contributed by atoms with Gasteiger partial charge in [0.05, 0.1) is 66.9 Å². The second-order valence-corrected chi connectivity index (χ2v) is 11.1. The Morgan fingerprint density at radius 3 is 2.60 bits per heavy atom. The minimum atomic E-state index is -1.41. The first-order valence-corrected chi connectivity index (χ1v) is 13.8. The van der Waals surface area contributed by atoms with Crippen LogP contribution < -0.4 is 16.0 Å². The van der Waals surface area contributed by atoms with Crippen molar-refractivity contribution in [2.75, 3.05) is 50.7 Å². The fourth-order valence-electron chi connectivity index (χ4n) is 5.98. The SMILES string of the molecule is COC(=O)N(C)[C@@H]1[C@H](N)CN(c2ccncc2Nc2ncc3ccc(-c4c(F)cc(C5(O)COC5)cc4F)nn23)C[C@@H]1C. The Hall–Kier alpha value is -4.40. The maximum Gasteiger partial charge on any atom is 0.409 e. The average Bonchev–Trinajstić information content (AvgIpc) is 3.36. The maximum absolute atomic E-state index is 15.2. The lowest BCUT2D eigenvalue weighted by Gasteiger charge is -2.45. The number of methoxy groups -OCH3 is 1. The summed E-state index contributed by atoms with van der Waals surface area (Å²) in [6.07, 6.45) is 4.47. The van der Waals surface area contributed by atoms with Crippen LogP contribution in [0.4, 0.5) is 30.9 Å². The Bertz CT molecular complexity index is 1640. The number of imidazole rings is 1. The van der Waals surface area contributed by atoms with Crippen LogP contribution in [0, 0.1) is 17.6 Å². The number of nitrogens with two attached hydrogens (primary N) is 1. The van der Waals surface area contributed by atoms with Gasteiger partial charge < -0.3 is 35.4 Å². The summed E-state index contributed by atoms with van der Waals surface area (Å²) in [5, 5.41) is 18.2. The largest absolute Gasteiger partial charge is 0.453 e. The Kier molecular flexibility index (Phi) is 7.36. The number of aromatic nitrogens is 4. The molecule has 1 amide bonds. The highest BCUT2D eigenvalue weighted by molar-refractivity contribution is 5.74. The lowest BCUT2D eigenvalue weighted by molar-refractivity contribution is -0.184. The van der Waals surface area contributed by atoms with Gasteiger partial charge in [-0.25, -0.2) is 18.6 Å². The number of carbonyl (C=O) groups is 1. The number of pyridine rings is 1. The van der Waals surface area contributed by atoms with E-state index in [4.69, 9.17) is 15.2 Å². The van der Waals surface area contributed by atoms with Crippen molar-refractivity contribution in [1.82, 2.24) is 24.5 Å². The fourth-order valence-corrected chi connectivity index (χ4v) is 5.98. The zero-order valence-corrected chi connectivity index (χ0v) is 23.9. The third-order valence-electron chi connectivity index (χ3n) is 8.16. The van der Waals surface area contributed by atoms with Gasteiger partial charge in [-0.15, -0.1) is 0 Å². The van der Waals surface area contributed by atoms with Gasteiger partial charge in [-0.1, -0.05) is 6.92 Å². The first-order chi connectivity index (χ1) is 20.6. The monoisotopic (exact) mass is 594 g/mol. The van der Waals surface area contributed by atoms with Crippen LogP contribution in [0.1, 0.15) is 12.5 Å². The summed E-state index contributed by atoms with van der Waals surface area (Å²) in [6, 6.07) is 6.69. The van der Waals surface area contributed by atoms with Crippen LogP contribution in [0.2, 0.25) is 0 Å². The first-order valence-electron chi connectivity index (χ1n) is 13.8. The Labute approximate surface area is 246 Å². The molecule has 3 aromatic heterocycles. The van der Waals surface area contributed by atoms with E-state index in [0.29, 0.717) is 30.2 Å². The summed E-state index contributed by atoms with van der Waals surface area (Å²) in [6.45, 7) is 3.06. The molecule has 2 fully saturated rings. The first kappa shape index (κ1) is 28.7. The van der Waals surface area contributed by atoms with Crippen LogP contribution >= 0.6 is 0 Å². The van der Waals surface area contributed by atoms with Crippen molar-refractivity contribution >= 4 is 28.9 Å². The van der Waals surface area contributed by atoms with Crippen LogP contribution in [-0.4, -0.2) is 88.2 Å². The van der Waals surface area contributed by atoms with E-state index in [1.165, 1.54) is 17.7 Å². The highest BCUT2D eigenvalue weighted by atomic mass is 19.1. The van der Waals surface area contributed by atoms with E-state index in [1.807, 2.05) is 13.0 Å². The molecule has 1 aromatic carbocycles. The van der Waals surface area contributed by atoms with E-state index in [2.05, 4.69) is 25.3 Å². The molecule has 2 aliphatic heterocycles. The van der Waals surface area contributed by atoms with Gasteiger partial charge in [0, 0.05) is 32.4 Å². The van der Waals surface area contributed by atoms with Crippen molar-refractivity contribution in [1.29, 1.82) is 0 Å². The summed E-state index contributed by atoms with van der Waals surface area (Å²) < 4.78 is 41.8. The normalized spacial score (nSPS) is 21.4. The fraction of sp³-hybridized carbons (Fsp3) is 0.379. The molecule has 3 atom stereocenters. The van der Waals surface area contributed by atoms with Gasteiger partial charge in [-0.3, -0.25) is 4.98 Å². The van der Waals surface area contributed by atoms with E-state index in [0.717, 1.165) is 17.8 Å². The predicted molar refractivity (Wildman–Crippen MR) is 154 cm³/mol. The highest BCUT2D eigenvalue weighted by Crippen LogP contribution is 2.35. The van der Waals surface area contributed by atoms with E-state index in [-0.39, 0.29) is 48.0 Å². The molecule has 0 spiro atoms. The third-order valence-corrected chi connectivity index (χ3v) is 8.16. The molecular weight excluding hydrogens is 562 g/mol. The molecule has 226 valence electrons. The van der Waals surface area contributed by atoms with Crippen molar-refractivity contribution in [2.45, 2.75) is 24.6 Å². The number of halogens is 2. The van der Waals surface area contributed by atoms with E-state index in [1.54, 1.807) is 36.6 Å². The molecule has 0 radical (unpaired) electrons. The molecule has 2 aliphatic rings. The van der Waals surface area contributed by atoms with E-state index < -0.39 is 23.3 Å². The average molecular weight is 595 g/mol. The number of anilines is 3. The summed E-state index contributed by atoms with van der Waals surface area (Å²) in [4.78, 5) is 24.5. The number of aliphatic hydroxyl groups is 1. The molecule has 4 N–H and O–H groups in total. The quantitative estimate of drug-likeness (QED) is 0.305. The van der Waals surface area contributed by atoms with Crippen LogP contribution in [0.15, 0.2) is 48.9 Å². The molecule has 0 unspecified atom stereocenters. The number of carbonyl (C=O) groups excluding carboxylic acids is 1. The zero-order valence-electron chi connectivity index (χ0n) is 23.9. The Morgan fingerprint density at radius 2 is 1.95 bits per heavy atom. The van der Waals surface area contributed by atoms with Crippen LogP contribution in [0.5, 0.6) is 0 Å². The van der Waals surface area contributed by atoms with Crippen LogP contribution in [0.25, 0.3) is 16.8 Å². The highest BCUT2D eigenvalue weighted by Gasteiger charge is 2.40. The lowest BCUT2D eigenvalue weighted by atomic mass is 9.89. The molecule has 5 heterocycles. The van der Waals surface area contributed by atoms with Gasteiger partial charge in [0.1, 0.15) is 17.2 Å². The summed E-state index contributed by atoms with van der Waals surface area (Å²) in [7, 11) is 3.03. The maximum atomic E-state index is 15.2. The molecule has 2 saturated heterocycles. The minimum absolute atomic E-state index is 0.0246. The smallest absolute Gasteiger partial charge is 0.409 e. The van der Waals surface area contributed by atoms with E-state index >= 15 is 8.78 Å². The van der Waals surface area contributed by atoms with Crippen molar-refractivity contribution < 1.29 is 28.2 Å². The summed E-state index contributed by atoms with van der Waals surface area (Å²) in [5.41, 5.74) is 7.03. The summed E-state index contributed by atoms with van der Waals surface area (Å²) in [5.74, 6) is -1.36. The number of benzene rings is 1. The van der Waals surface area contributed by atoms with Crippen LogP contribution in [0.3, 0.4) is 0 Å². The molecular formula is C29H32F2N8O4. The van der Waals surface area contributed by atoms with Gasteiger partial charge in [0.25, 0.3) is 0 Å². The lowest BCUT2D eigenvalue weighted by Crippen LogP contribution is -2.62. The topological polar surface area (TPSA) is 143 Å². The molecule has 14 heteroatoms. The van der Waals surface area contributed by atoms with Crippen LogP contribution in [-0.2, 0) is 15.1 Å². The minimum Gasteiger partial charge on any atom is -0.453 e. The number of hydrogen-bond acceptors (Lipinski definition) is 10. The zero-order chi connectivity index (χ0) is 30.5. The van der Waals surface area contributed by atoms with Crippen molar-refractivity contribution in [2.24, 2.45) is 11.7 Å². The number of nitrogens with one attached hydrogen (secondary N) is 1. The molecule has 0 saturated carbocycles. The van der Waals surface area contributed by atoms with Gasteiger partial charge in [-0.05, 0) is 41.8 Å². The molecule has 0 bridgehead atoms.